The second-order valence-electron chi connectivity index (χ2n) is 18.3. The first-order valence-corrected chi connectivity index (χ1v) is 21.0. The SMILES string of the molecule is CC1=CCC[C@@]2(C)[C@@H](CC[C@@]2(O)CN(C[C@H](O)CO)CC23CC4CC(CC(C4)C2)C3)c2ccc(cc2C(=O)c2cc3ccccc3s2)C[C@@H](O)CC1. The van der Waals surface area contributed by atoms with Crippen LogP contribution in [0.2, 0.25) is 0 Å². The molecule has 7 aliphatic rings. The molecule has 1 aromatic heterocycles. The smallest absolute Gasteiger partial charge is 0.203 e. The van der Waals surface area contributed by atoms with Crippen molar-refractivity contribution in [2.45, 2.75) is 121 Å². The molecule has 10 rings (SSSR count). The molecule has 1 heterocycles. The average Bonchev–Trinajstić information content (AvgIpc) is 3.64. The molecule has 7 heteroatoms. The first-order chi connectivity index (χ1) is 24.9. The van der Waals surface area contributed by atoms with Gasteiger partial charge in [0.1, 0.15) is 0 Å². The van der Waals surface area contributed by atoms with Crippen molar-refractivity contribution < 1.29 is 25.2 Å². The predicted molar refractivity (Wildman–Crippen MR) is 209 cm³/mol. The summed E-state index contributed by atoms with van der Waals surface area (Å²) in [5.74, 6) is 2.39. The normalized spacial score (nSPS) is 35.1. The second-order valence-corrected chi connectivity index (χ2v) is 19.4. The molecule has 6 nitrogen and oxygen atoms in total. The van der Waals surface area contributed by atoms with E-state index in [1.807, 2.05) is 24.3 Å². The van der Waals surface area contributed by atoms with Crippen molar-refractivity contribution >= 4 is 27.2 Å². The summed E-state index contributed by atoms with van der Waals surface area (Å²) in [7, 11) is 0. The molecule has 0 amide bonds. The Morgan fingerprint density at radius 2 is 1.71 bits per heavy atom. The van der Waals surface area contributed by atoms with E-state index in [9.17, 15) is 25.2 Å². The number of nitrogens with zero attached hydrogens (tertiary/aromatic N) is 1. The highest BCUT2D eigenvalue weighted by Crippen LogP contribution is 2.62. The van der Waals surface area contributed by atoms with E-state index in [2.05, 4.69) is 49.1 Å². The summed E-state index contributed by atoms with van der Waals surface area (Å²) in [6.45, 7) is 5.79. The Labute approximate surface area is 314 Å². The Morgan fingerprint density at radius 3 is 2.42 bits per heavy atom. The van der Waals surface area contributed by atoms with E-state index in [1.165, 1.54) is 55.4 Å². The standard InChI is InChI=1S/C45H59NO5S/c1-29-6-5-14-43(2)39(13-15-45(43,51)28-46(25-36(49)26-47)27-44-22-31-16-32(23-44)18-33(17-31)24-44)37-12-10-30(19-35(48)11-9-29)20-38(37)42(50)41-21-34-7-3-4-8-40(34)52-41/h3-4,6-8,10,12,20-21,31-33,35-36,39,47-49,51H,5,9,11,13-19,22-28H2,1-2H3/t31?,32?,33?,35-,36-,39-,43-,44?,45+/m0/s1. The Morgan fingerprint density at radius 1 is 0.981 bits per heavy atom. The van der Waals surface area contributed by atoms with Crippen molar-refractivity contribution in [2.75, 3.05) is 26.2 Å². The summed E-state index contributed by atoms with van der Waals surface area (Å²) in [6.07, 6.45) is 13.7. The lowest BCUT2D eigenvalue weighted by Gasteiger charge is -2.58. The molecule has 0 unspecified atom stereocenters. The molecule has 0 saturated heterocycles. The maximum Gasteiger partial charge on any atom is 0.203 e. The van der Waals surface area contributed by atoms with E-state index in [1.54, 1.807) is 0 Å². The van der Waals surface area contributed by atoms with Gasteiger partial charge in [-0.25, -0.2) is 0 Å². The highest BCUT2D eigenvalue weighted by molar-refractivity contribution is 7.21. The molecule has 3 aromatic rings. The van der Waals surface area contributed by atoms with Gasteiger partial charge in [0.2, 0.25) is 5.78 Å². The van der Waals surface area contributed by atoms with Crippen molar-refractivity contribution in [1.29, 1.82) is 0 Å². The summed E-state index contributed by atoms with van der Waals surface area (Å²) in [5, 5.41) is 46.2. The summed E-state index contributed by atoms with van der Waals surface area (Å²) < 4.78 is 1.09. The molecule has 5 atom stereocenters. The fraction of sp³-hybridized carbons (Fsp3) is 0.622. The second kappa shape index (κ2) is 14.4. The fourth-order valence-corrected chi connectivity index (χ4v) is 13.3. The van der Waals surface area contributed by atoms with E-state index in [4.69, 9.17) is 0 Å². The van der Waals surface area contributed by atoms with Crippen LogP contribution in [-0.4, -0.2) is 75.2 Å². The van der Waals surface area contributed by atoms with Gasteiger partial charge < -0.3 is 20.4 Å². The molecule has 5 fully saturated rings. The third-order valence-corrected chi connectivity index (χ3v) is 15.6. The number of hydrogen-bond acceptors (Lipinski definition) is 7. The number of allylic oxidation sites excluding steroid dienone is 2. The molecule has 280 valence electrons. The summed E-state index contributed by atoms with van der Waals surface area (Å²) in [4.78, 5) is 17.7. The topological polar surface area (TPSA) is 101 Å². The van der Waals surface area contributed by atoms with Crippen molar-refractivity contribution in [3.63, 3.8) is 0 Å². The van der Waals surface area contributed by atoms with E-state index in [0.29, 0.717) is 37.9 Å². The molecule has 5 saturated carbocycles. The van der Waals surface area contributed by atoms with Gasteiger partial charge in [-0.3, -0.25) is 9.69 Å². The summed E-state index contributed by atoms with van der Waals surface area (Å²) in [5.41, 5.74) is 2.55. The van der Waals surface area contributed by atoms with Gasteiger partial charge in [0.25, 0.3) is 0 Å². The molecular weight excluding hydrogens is 667 g/mol. The number of hydrogen-bond donors (Lipinski definition) is 4. The molecule has 4 N–H and O–H groups in total. The monoisotopic (exact) mass is 725 g/mol. The number of aliphatic hydroxyl groups is 4. The number of carbonyl (C=O) groups is 1. The van der Waals surface area contributed by atoms with Crippen LogP contribution in [0.1, 0.15) is 123 Å². The van der Waals surface area contributed by atoms with Gasteiger partial charge >= 0.3 is 0 Å². The zero-order chi connectivity index (χ0) is 36.3. The van der Waals surface area contributed by atoms with Crippen LogP contribution in [0, 0.1) is 28.6 Å². The van der Waals surface area contributed by atoms with Crippen LogP contribution in [0.4, 0.5) is 0 Å². The summed E-state index contributed by atoms with van der Waals surface area (Å²) in [6, 6.07) is 16.4. The molecule has 52 heavy (non-hydrogen) atoms. The lowest BCUT2D eigenvalue weighted by atomic mass is 9.49. The quantitative estimate of drug-likeness (QED) is 0.132. The molecule has 2 aromatic carbocycles. The lowest BCUT2D eigenvalue weighted by molar-refractivity contribution is -0.114. The van der Waals surface area contributed by atoms with E-state index >= 15 is 0 Å². The average molecular weight is 726 g/mol. The third-order valence-electron chi connectivity index (χ3n) is 14.5. The van der Waals surface area contributed by atoms with Crippen LogP contribution in [0.15, 0.2) is 60.2 Å². The largest absolute Gasteiger partial charge is 0.394 e. The zero-order valence-corrected chi connectivity index (χ0v) is 32.1. The van der Waals surface area contributed by atoms with E-state index in [0.717, 1.165) is 76.1 Å². The highest BCUT2D eigenvalue weighted by atomic mass is 32.1. The van der Waals surface area contributed by atoms with Crippen molar-refractivity contribution in [2.24, 2.45) is 28.6 Å². The highest BCUT2D eigenvalue weighted by Gasteiger charge is 2.58. The predicted octanol–water partition coefficient (Wildman–Crippen LogP) is 8.04. The number of aliphatic hydroxyl groups excluding tert-OH is 3. The van der Waals surface area contributed by atoms with Crippen LogP contribution in [0.25, 0.3) is 10.1 Å². The third kappa shape index (κ3) is 6.99. The van der Waals surface area contributed by atoms with Crippen LogP contribution in [-0.2, 0) is 6.42 Å². The molecule has 0 radical (unpaired) electrons. The molecular formula is C45H59NO5S. The Bertz CT molecular complexity index is 1750. The fourth-order valence-electron chi connectivity index (χ4n) is 12.3. The van der Waals surface area contributed by atoms with Crippen LogP contribution in [0.3, 0.4) is 0 Å². The number of ketones is 1. The molecule has 0 aliphatic heterocycles. The minimum Gasteiger partial charge on any atom is -0.394 e. The maximum atomic E-state index is 14.6. The van der Waals surface area contributed by atoms with Gasteiger partial charge in [-0.1, -0.05) is 48.9 Å². The van der Waals surface area contributed by atoms with E-state index in [-0.39, 0.29) is 23.7 Å². The number of rotatable bonds is 9. The Kier molecular flexibility index (Phi) is 10.1. The van der Waals surface area contributed by atoms with E-state index < -0.39 is 23.2 Å². The van der Waals surface area contributed by atoms with Crippen LogP contribution >= 0.6 is 11.3 Å². The minimum atomic E-state index is -1.05. The number of carbonyl (C=O) groups excluding carboxylic acids is 1. The van der Waals surface area contributed by atoms with Gasteiger partial charge in [0, 0.05) is 35.3 Å². The molecule has 7 aliphatic carbocycles. The zero-order valence-electron chi connectivity index (χ0n) is 31.2. The maximum absolute atomic E-state index is 14.6. The van der Waals surface area contributed by atoms with Crippen molar-refractivity contribution in [3.8, 4) is 0 Å². The van der Waals surface area contributed by atoms with Gasteiger partial charge in [-0.2, -0.15) is 0 Å². The van der Waals surface area contributed by atoms with Gasteiger partial charge in [-0.15, -0.1) is 11.3 Å². The first kappa shape index (κ1) is 36.6. The molecule has 0 spiro atoms. The number of benzene rings is 2. The number of fused-ring (bicyclic) bond motifs is 9. The first-order valence-electron chi connectivity index (χ1n) is 20.2. The van der Waals surface area contributed by atoms with Crippen LogP contribution < -0.4 is 0 Å². The lowest BCUT2D eigenvalue weighted by Crippen LogP contribution is -2.57. The minimum absolute atomic E-state index is 0.0164. The van der Waals surface area contributed by atoms with Gasteiger partial charge in [0.05, 0.1) is 29.3 Å². The summed E-state index contributed by atoms with van der Waals surface area (Å²) >= 11 is 1.53. The number of thiophene rings is 1. The van der Waals surface area contributed by atoms with Crippen LogP contribution in [0.5, 0.6) is 0 Å². The van der Waals surface area contributed by atoms with Crippen molar-refractivity contribution in [1.82, 2.24) is 4.90 Å². The van der Waals surface area contributed by atoms with Gasteiger partial charge in [-0.05, 0) is 154 Å². The Hall–Kier alpha value is -2.39. The van der Waals surface area contributed by atoms with Crippen molar-refractivity contribution in [3.05, 3.63) is 81.7 Å². The van der Waals surface area contributed by atoms with Gasteiger partial charge in [0.15, 0.2) is 0 Å². The molecule has 6 bridgehead atoms. The Balaban J connectivity index is 1.17.